The average Bonchev–Trinajstić information content (AvgIpc) is 2.70. The van der Waals surface area contributed by atoms with Crippen LogP contribution in [-0.4, -0.2) is 40.6 Å². The molecule has 0 saturated carbocycles. The van der Waals surface area contributed by atoms with Crippen LogP contribution in [0.3, 0.4) is 0 Å². The molecule has 0 saturated heterocycles. The molecule has 0 unspecified atom stereocenters. The number of carbonyl (C=O) groups is 2. The van der Waals surface area contributed by atoms with E-state index >= 15 is 0 Å². The molecule has 0 spiro atoms. The molecule has 0 bridgehead atoms. The van der Waals surface area contributed by atoms with E-state index in [1.54, 1.807) is 38.4 Å². The maximum absolute atomic E-state index is 12.6. The van der Waals surface area contributed by atoms with Crippen molar-refractivity contribution in [1.82, 2.24) is 14.7 Å². The van der Waals surface area contributed by atoms with Gasteiger partial charge < -0.3 is 10.2 Å². The lowest BCUT2D eigenvalue weighted by atomic mass is 10.2. The summed E-state index contributed by atoms with van der Waals surface area (Å²) in [7, 11) is 3.32. The van der Waals surface area contributed by atoms with E-state index in [2.05, 4.69) is 10.4 Å². The maximum Gasteiger partial charge on any atom is 0.276 e. The average molecular weight is 376 g/mol. The van der Waals surface area contributed by atoms with Crippen molar-refractivity contribution < 1.29 is 9.59 Å². The molecule has 7 nitrogen and oxygen atoms in total. The molecule has 3 aromatic rings. The number of carbonyl (C=O) groups excluding carboxylic acids is 2. The van der Waals surface area contributed by atoms with Crippen molar-refractivity contribution in [3.8, 4) is 0 Å². The molecule has 2 amide bonds. The van der Waals surface area contributed by atoms with E-state index in [0.29, 0.717) is 11.3 Å². The van der Waals surface area contributed by atoms with E-state index in [1.807, 2.05) is 30.3 Å². The van der Waals surface area contributed by atoms with E-state index in [-0.39, 0.29) is 23.7 Å². The number of hydrogen-bond acceptors (Lipinski definition) is 4. The molecule has 0 radical (unpaired) electrons. The van der Waals surface area contributed by atoms with Crippen LogP contribution < -0.4 is 10.9 Å². The van der Waals surface area contributed by atoms with Gasteiger partial charge in [0.1, 0.15) is 5.69 Å². The van der Waals surface area contributed by atoms with Crippen LogP contribution in [0.15, 0.2) is 71.5 Å². The Labute approximate surface area is 162 Å². The Morgan fingerprint density at radius 1 is 1.00 bits per heavy atom. The minimum Gasteiger partial charge on any atom is -0.345 e. The second kappa shape index (κ2) is 8.30. The normalized spacial score (nSPS) is 10.4. The first-order chi connectivity index (χ1) is 13.4. The number of benzene rings is 2. The Hall–Kier alpha value is -3.74. The Balaban J connectivity index is 1.80. The lowest BCUT2D eigenvalue weighted by Gasteiger charge is -2.12. The van der Waals surface area contributed by atoms with E-state index in [1.165, 1.54) is 21.7 Å². The van der Waals surface area contributed by atoms with Crippen molar-refractivity contribution in [2.45, 2.75) is 6.54 Å². The second-order valence-electron chi connectivity index (χ2n) is 6.43. The van der Waals surface area contributed by atoms with Gasteiger partial charge in [-0.1, -0.05) is 36.4 Å². The Morgan fingerprint density at radius 2 is 1.75 bits per heavy atom. The van der Waals surface area contributed by atoms with Gasteiger partial charge in [-0.25, -0.2) is 4.68 Å². The molecule has 7 heteroatoms. The number of aromatic nitrogens is 2. The number of amides is 2. The van der Waals surface area contributed by atoms with E-state index < -0.39 is 5.91 Å². The van der Waals surface area contributed by atoms with Crippen LogP contribution in [0.5, 0.6) is 0 Å². The van der Waals surface area contributed by atoms with Crippen molar-refractivity contribution in [3.63, 3.8) is 0 Å². The minimum atomic E-state index is -0.462. The summed E-state index contributed by atoms with van der Waals surface area (Å²) in [4.78, 5) is 38.2. The Kier molecular flexibility index (Phi) is 5.64. The lowest BCUT2D eigenvalue weighted by molar-refractivity contribution is 0.0827. The second-order valence-corrected chi connectivity index (χ2v) is 6.43. The van der Waals surface area contributed by atoms with Crippen LogP contribution >= 0.6 is 0 Å². The summed E-state index contributed by atoms with van der Waals surface area (Å²) in [5.74, 6) is -0.623. The van der Waals surface area contributed by atoms with Crippen molar-refractivity contribution in [3.05, 3.63) is 93.9 Å². The van der Waals surface area contributed by atoms with Crippen molar-refractivity contribution in [2.24, 2.45) is 0 Å². The fourth-order valence-electron chi connectivity index (χ4n) is 2.62. The molecule has 0 atom stereocenters. The number of nitrogens with one attached hydrogen (secondary N) is 1. The summed E-state index contributed by atoms with van der Waals surface area (Å²) in [5.41, 5.74) is 1.66. The molecule has 142 valence electrons. The topological polar surface area (TPSA) is 84.3 Å². The van der Waals surface area contributed by atoms with E-state index in [9.17, 15) is 14.4 Å². The van der Waals surface area contributed by atoms with Crippen LogP contribution in [0.25, 0.3) is 0 Å². The summed E-state index contributed by atoms with van der Waals surface area (Å²) in [6, 6.07) is 18.8. The third-order valence-electron chi connectivity index (χ3n) is 4.05. The quantitative estimate of drug-likeness (QED) is 0.740. The summed E-state index contributed by atoms with van der Waals surface area (Å²) < 4.78 is 1.25. The molecule has 0 aliphatic rings. The third kappa shape index (κ3) is 4.50. The fraction of sp³-hybridized carbons (Fsp3) is 0.143. The first-order valence-electron chi connectivity index (χ1n) is 8.69. The van der Waals surface area contributed by atoms with Crippen LogP contribution in [0.2, 0.25) is 0 Å². The van der Waals surface area contributed by atoms with Gasteiger partial charge in [0.25, 0.3) is 17.4 Å². The van der Waals surface area contributed by atoms with Crippen LogP contribution in [0, 0.1) is 0 Å². The SMILES string of the molecule is CN(C)C(=O)c1cccc(NC(=O)c2ccc(=O)n(Cc3ccccc3)n2)c1. The number of hydrogen-bond donors (Lipinski definition) is 1. The smallest absolute Gasteiger partial charge is 0.276 e. The monoisotopic (exact) mass is 376 g/mol. The largest absolute Gasteiger partial charge is 0.345 e. The van der Waals surface area contributed by atoms with Gasteiger partial charge in [0.05, 0.1) is 6.54 Å². The molecule has 28 heavy (non-hydrogen) atoms. The van der Waals surface area contributed by atoms with Gasteiger partial charge in [0.2, 0.25) is 0 Å². The van der Waals surface area contributed by atoms with Crippen molar-refractivity contribution in [1.29, 1.82) is 0 Å². The first-order valence-corrected chi connectivity index (χ1v) is 8.69. The highest BCUT2D eigenvalue weighted by atomic mass is 16.2. The van der Waals surface area contributed by atoms with Crippen LogP contribution in [-0.2, 0) is 6.54 Å². The molecule has 1 heterocycles. The highest BCUT2D eigenvalue weighted by Crippen LogP contribution is 2.13. The highest BCUT2D eigenvalue weighted by molar-refractivity contribution is 6.03. The number of anilines is 1. The maximum atomic E-state index is 12.6. The summed E-state index contributed by atoms with van der Waals surface area (Å²) in [6.07, 6.45) is 0. The summed E-state index contributed by atoms with van der Waals surface area (Å²) >= 11 is 0. The zero-order valence-corrected chi connectivity index (χ0v) is 15.6. The molecular formula is C21H20N4O3. The lowest BCUT2D eigenvalue weighted by Crippen LogP contribution is -2.26. The van der Waals surface area contributed by atoms with Gasteiger partial charge in [0.15, 0.2) is 0 Å². The Morgan fingerprint density at radius 3 is 2.46 bits per heavy atom. The van der Waals surface area contributed by atoms with Gasteiger partial charge in [-0.05, 0) is 29.8 Å². The zero-order chi connectivity index (χ0) is 20.1. The van der Waals surface area contributed by atoms with Gasteiger partial charge in [-0.2, -0.15) is 5.10 Å². The predicted octanol–water partition coefficient (Wildman–Crippen LogP) is 2.25. The summed E-state index contributed by atoms with van der Waals surface area (Å²) in [5, 5.41) is 6.88. The molecule has 0 fully saturated rings. The minimum absolute atomic E-state index is 0.111. The number of nitrogens with zero attached hydrogens (tertiary/aromatic N) is 3. The van der Waals surface area contributed by atoms with Gasteiger partial charge in [-0.15, -0.1) is 0 Å². The predicted molar refractivity (Wildman–Crippen MR) is 106 cm³/mol. The van der Waals surface area contributed by atoms with Crippen LogP contribution in [0.1, 0.15) is 26.4 Å². The molecule has 2 aromatic carbocycles. The highest BCUT2D eigenvalue weighted by Gasteiger charge is 2.13. The van der Waals surface area contributed by atoms with Gasteiger partial charge in [0, 0.05) is 31.4 Å². The molecule has 0 aliphatic heterocycles. The van der Waals surface area contributed by atoms with E-state index in [0.717, 1.165) is 5.56 Å². The molecule has 0 aliphatic carbocycles. The first kappa shape index (κ1) is 19.0. The third-order valence-corrected chi connectivity index (χ3v) is 4.05. The van der Waals surface area contributed by atoms with Crippen molar-refractivity contribution >= 4 is 17.5 Å². The van der Waals surface area contributed by atoms with Gasteiger partial charge >= 0.3 is 0 Å². The zero-order valence-electron chi connectivity index (χ0n) is 15.6. The van der Waals surface area contributed by atoms with E-state index in [4.69, 9.17) is 0 Å². The summed E-state index contributed by atoms with van der Waals surface area (Å²) in [6.45, 7) is 0.271. The molecular weight excluding hydrogens is 356 g/mol. The standard InChI is InChI=1S/C21H20N4O3/c1-24(2)21(28)16-9-6-10-17(13-16)22-20(27)18-11-12-19(26)25(23-18)14-15-7-4-3-5-8-15/h3-13H,14H2,1-2H3,(H,22,27). The van der Waals surface area contributed by atoms with Crippen molar-refractivity contribution in [2.75, 3.05) is 19.4 Å². The van der Waals surface area contributed by atoms with Crippen LogP contribution in [0.4, 0.5) is 5.69 Å². The fourth-order valence-corrected chi connectivity index (χ4v) is 2.62. The van der Waals surface area contributed by atoms with Gasteiger partial charge in [-0.3, -0.25) is 14.4 Å². The Bertz CT molecular complexity index is 1060. The number of rotatable bonds is 5. The molecule has 1 aromatic heterocycles. The molecule has 3 rings (SSSR count). The molecule has 1 N–H and O–H groups in total.